The molecule has 3 aromatic rings. The van der Waals surface area contributed by atoms with Gasteiger partial charge in [0.1, 0.15) is 11.5 Å². The summed E-state index contributed by atoms with van der Waals surface area (Å²) in [6.07, 6.45) is 0. The van der Waals surface area contributed by atoms with Crippen LogP contribution in [0.25, 0.3) is 16.9 Å². The van der Waals surface area contributed by atoms with Gasteiger partial charge in [-0.05, 0) is 31.2 Å². The van der Waals surface area contributed by atoms with Crippen LogP contribution < -0.4 is 5.56 Å². The summed E-state index contributed by atoms with van der Waals surface area (Å²) >= 11 is 0. The van der Waals surface area contributed by atoms with Gasteiger partial charge in [-0.25, -0.2) is 8.91 Å². The van der Waals surface area contributed by atoms with Gasteiger partial charge in [0.05, 0.1) is 11.4 Å². The number of nitrogens with zero attached hydrogens (tertiary/aromatic N) is 2. The Bertz CT molecular complexity index is 771. The minimum atomic E-state index is -0.309. The summed E-state index contributed by atoms with van der Waals surface area (Å²) in [7, 11) is 0. The average molecular weight is 243 g/mol. The molecule has 2 heterocycles. The second kappa shape index (κ2) is 3.80. The Balaban J connectivity index is 2.33. The molecule has 4 nitrogen and oxygen atoms in total. The zero-order valence-corrected chi connectivity index (χ0v) is 9.64. The molecular formula is C13H10FN3O. The lowest BCUT2D eigenvalue weighted by atomic mass is 10.1. The number of hydrogen-bond acceptors (Lipinski definition) is 2. The van der Waals surface area contributed by atoms with Crippen molar-refractivity contribution < 1.29 is 4.39 Å². The van der Waals surface area contributed by atoms with Crippen LogP contribution in [0.15, 0.2) is 41.2 Å². The third kappa shape index (κ3) is 1.69. The van der Waals surface area contributed by atoms with Crippen LogP contribution in [-0.2, 0) is 0 Å². The highest BCUT2D eigenvalue weighted by Crippen LogP contribution is 2.18. The minimum absolute atomic E-state index is 0.207. The van der Waals surface area contributed by atoms with Crippen molar-refractivity contribution >= 4 is 5.65 Å². The summed E-state index contributed by atoms with van der Waals surface area (Å²) in [5.74, 6) is -0.309. The second-order valence-corrected chi connectivity index (χ2v) is 4.11. The van der Waals surface area contributed by atoms with Gasteiger partial charge in [0.25, 0.3) is 5.56 Å². The Morgan fingerprint density at radius 2 is 1.94 bits per heavy atom. The maximum Gasteiger partial charge on any atom is 0.251 e. The first-order valence-corrected chi connectivity index (χ1v) is 5.49. The Kier molecular flexibility index (Phi) is 2.26. The van der Waals surface area contributed by atoms with Crippen LogP contribution in [0.3, 0.4) is 0 Å². The Morgan fingerprint density at radius 1 is 1.22 bits per heavy atom. The van der Waals surface area contributed by atoms with E-state index in [0.29, 0.717) is 11.3 Å². The van der Waals surface area contributed by atoms with Crippen molar-refractivity contribution in [2.24, 2.45) is 0 Å². The third-order valence-electron chi connectivity index (χ3n) is 2.72. The predicted octanol–water partition coefficient (Wildman–Crippen LogP) is 2.14. The van der Waals surface area contributed by atoms with Crippen molar-refractivity contribution in [2.75, 3.05) is 0 Å². The van der Waals surface area contributed by atoms with Crippen molar-refractivity contribution in [2.45, 2.75) is 6.92 Å². The SMILES string of the molecule is Cc1cc2[nH]c(=O)cc(-c3ccc(F)cc3)n2n1. The highest BCUT2D eigenvalue weighted by molar-refractivity contribution is 5.62. The molecule has 0 unspecified atom stereocenters. The maximum absolute atomic E-state index is 12.9. The summed E-state index contributed by atoms with van der Waals surface area (Å²) in [6.45, 7) is 1.85. The number of nitrogens with one attached hydrogen (secondary N) is 1. The quantitative estimate of drug-likeness (QED) is 0.711. The number of halogens is 1. The molecule has 5 heteroatoms. The number of hydrogen-bond donors (Lipinski definition) is 1. The number of aromatic nitrogens is 3. The summed E-state index contributed by atoms with van der Waals surface area (Å²) in [5.41, 5.74) is 2.61. The van der Waals surface area contributed by atoms with Crippen molar-refractivity contribution in [1.82, 2.24) is 14.6 Å². The molecule has 18 heavy (non-hydrogen) atoms. The Morgan fingerprint density at radius 3 is 2.67 bits per heavy atom. The van der Waals surface area contributed by atoms with E-state index in [0.717, 1.165) is 11.3 Å². The topological polar surface area (TPSA) is 50.2 Å². The van der Waals surface area contributed by atoms with Gasteiger partial charge in [-0.15, -0.1) is 0 Å². The molecule has 1 aromatic carbocycles. The second-order valence-electron chi connectivity index (χ2n) is 4.11. The molecule has 0 atom stereocenters. The Hall–Kier alpha value is -2.43. The number of fused-ring (bicyclic) bond motifs is 1. The molecule has 0 saturated carbocycles. The van der Waals surface area contributed by atoms with Gasteiger partial charge >= 0.3 is 0 Å². The highest BCUT2D eigenvalue weighted by Gasteiger charge is 2.07. The molecule has 0 aliphatic carbocycles. The van der Waals surface area contributed by atoms with Gasteiger partial charge in [-0.2, -0.15) is 5.10 Å². The van der Waals surface area contributed by atoms with Crippen LogP contribution in [0.2, 0.25) is 0 Å². The highest BCUT2D eigenvalue weighted by atomic mass is 19.1. The lowest BCUT2D eigenvalue weighted by Crippen LogP contribution is -2.09. The van der Waals surface area contributed by atoms with Crippen LogP contribution in [0, 0.1) is 12.7 Å². The molecule has 0 aliphatic rings. The zero-order valence-electron chi connectivity index (χ0n) is 9.64. The molecule has 0 amide bonds. The van der Waals surface area contributed by atoms with Gasteiger partial charge in [-0.3, -0.25) is 4.79 Å². The van der Waals surface area contributed by atoms with E-state index in [9.17, 15) is 9.18 Å². The van der Waals surface area contributed by atoms with Gasteiger partial charge in [0.2, 0.25) is 0 Å². The lowest BCUT2D eigenvalue weighted by molar-refractivity contribution is 0.628. The summed E-state index contributed by atoms with van der Waals surface area (Å²) in [6, 6.07) is 9.21. The van der Waals surface area contributed by atoms with E-state index in [-0.39, 0.29) is 11.4 Å². The Labute approximate surface area is 102 Å². The molecule has 3 rings (SSSR count). The first kappa shape index (κ1) is 10.7. The van der Waals surface area contributed by atoms with E-state index < -0.39 is 0 Å². The summed E-state index contributed by atoms with van der Waals surface area (Å²) in [4.78, 5) is 14.3. The number of benzene rings is 1. The predicted molar refractivity (Wildman–Crippen MR) is 65.9 cm³/mol. The normalized spacial score (nSPS) is 11.0. The molecular weight excluding hydrogens is 233 g/mol. The molecule has 0 bridgehead atoms. The van der Waals surface area contributed by atoms with Crippen LogP contribution in [0.5, 0.6) is 0 Å². The maximum atomic E-state index is 12.9. The van der Waals surface area contributed by atoms with Crippen LogP contribution in [0.1, 0.15) is 5.69 Å². The van der Waals surface area contributed by atoms with Crippen LogP contribution in [0.4, 0.5) is 4.39 Å². The first-order valence-electron chi connectivity index (χ1n) is 5.49. The van der Waals surface area contributed by atoms with Crippen molar-refractivity contribution in [3.63, 3.8) is 0 Å². The van der Waals surface area contributed by atoms with Crippen molar-refractivity contribution in [3.05, 3.63) is 58.3 Å². The number of rotatable bonds is 1. The van der Waals surface area contributed by atoms with Crippen LogP contribution in [-0.4, -0.2) is 14.6 Å². The van der Waals surface area contributed by atoms with Gasteiger partial charge < -0.3 is 4.98 Å². The average Bonchev–Trinajstić information content (AvgIpc) is 2.69. The smallest absolute Gasteiger partial charge is 0.251 e. The van der Waals surface area contributed by atoms with Crippen molar-refractivity contribution in [3.8, 4) is 11.3 Å². The van der Waals surface area contributed by atoms with E-state index in [1.807, 2.05) is 6.92 Å². The van der Waals surface area contributed by atoms with E-state index in [4.69, 9.17) is 0 Å². The summed E-state index contributed by atoms with van der Waals surface area (Å²) in [5, 5.41) is 4.31. The fourth-order valence-electron chi connectivity index (χ4n) is 1.95. The third-order valence-corrected chi connectivity index (χ3v) is 2.72. The molecule has 0 saturated heterocycles. The molecule has 0 fully saturated rings. The van der Waals surface area contributed by atoms with E-state index in [1.54, 1.807) is 22.7 Å². The molecule has 0 aliphatic heterocycles. The van der Waals surface area contributed by atoms with E-state index in [2.05, 4.69) is 10.1 Å². The number of aromatic amines is 1. The molecule has 90 valence electrons. The van der Waals surface area contributed by atoms with E-state index >= 15 is 0 Å². The molecule has 1 N–H and O–H groups in total. The summed E-state index contributed by atoms with van der Waals surface area (Å²) < 4.78 is 14.6. The molecule has 0 radical (unpaired) electrons. The van der Waals surface area contributed by atoms with Gasteiger partial charge in [-0.1, -0.05) is 0 Å². The molecule has 2 aromatic heterocycles. The zero-order chi connectivity index (χ0) is 12.7. The van der Waals surface area contributed by atoms with Crippen molar-refractivity contribution in [1.29, 1.82) is 0 Å². The fraction of sp³-hybridized carbons (Fsp3) is 0.0769. The number of H-pyrrole nitrogens is 1. The molecule has 0 spiro atoms. The monoisotopic (exact) mass is 243 g/mol. The first-order chi connectivity index (χ1) is 8.63. The van der Waals surface area contributed by atoms with Gasteiger partial charge in [0.15, 0.2) is 0 Å². The number of aryl methyl sites for hydroxylation is 1. The largest absolute Gasteiger partial charge is 0.307 e. The van der Waals surface area contributed by atoms with Crippen LogP contribution >= 0.6 is 0 Å². The lowest BCUT2D eigenvalue weighted by Gasteiger charge is -2.04. The van der Waals surface area contributed by atoms with E-state index in [1.165, 1.54) is 18.2 Å². The van der Waals surface area contributed by atoms with Gasteiger partial charge in [0, 0.05) is 17.7 Å². The fourth-order valence-corrected chi connectivity index (χ4v) is 1.95. The minimum Gasteiger partial charge on any atom is -0.307 e. The standard InChI is InChI=1S/C13H10FN3O/c1-8-6-12-15-13(18)7-11(17(12)16-8)9-2-4-10(14)5-3-9/h2-7H,1H3,(H,15,18).